The van der Waals surface area contributed by atoms with Crippen molar-refractivity contribution in [2.24, 2.45) is 5.73 Å². The molecule has 3 heterocycles. The number of allylic oxidation sites excluding steroid dienone is 3. The lowest BCUT2D eigenvalue weighted by Crippen LogP contribution is -2.42. The van der Waals surface area contributed by atoms with Crippen LogP contribution in [0.2, 0.25) is 0 Å². The number of rotatable bonds is 6. The summed E-state index contributed by atoms with van der Waals surface area (Å²) >= 11 is 0. The number of hydrogen-bond acceptors (Lipinski definition) is 7. The fourth-order valence-corrected chi connectivity index (χ4v) is 6.16. The van der Waals surface area contributed by atoms with Crippen molar-refractivity contribution in [3.05, 3.63) is 33.0 Å². The summed E-state index contributed by atoms with van der Waals surface area (Å²) in [7, 11) is -7.01. The molecule has 3 aliphatic heterocycles. The van der Waals surface area contributed by atoms with Gasteiger partial charge >= 0.3 is 0 Å². The molecule has 6 N–H and O–H groups in total. The minimum atomic E-state index is -4.18. The molecule has 3 rings (SSSR count). The van der Waals surface area contributed by atoms with Gasteiger partial charge in [0, 0.05) is 23.9 Å². The van der Waals surface area contributed by atoms with Crippen molar-refractivity contribution in [2.75, 3.05) is 12.3 Å². The zero-order chi connectivity index (χ0) is 16.4. The van der Waals surface area contributed by atoms with Crippen molar-refractivity contribution in [1.82, 2.24) is 5.32 Å². The number of aliphatic hydroxyl groups excluding tert-OH is 2. The van der Waals surface area contributed by atoms with Crippen LogP contribution in [0.1, 0.15) is 6.42 Å². The maximum absolute atomic E-state index is 12.2. The normalized spacial score (nSPS) is 26.8. The first-order valence-electron chi connectivity index (χ1n) is 6.30. The van der Waals surface area contributed by atoms with Gasteiger partial charge in [-0.2, -0.15) is 8.42 Å². The van der Waals surface area contributed by atoms with E-state index in [1.165, 1.54) is 0 Å². The third kappa shape index (κ3) is 1.95. The van der Waals surface area contributed by atoms with E-state index in [4.69, 9.17) is 10.3 Å². The SMILES string of the molecule is N[C@@H](CC1=C(O)C2=C(O)C3=C1P23=O)C(=O)NCCS(=O)(=O)O. The highest BCUT2D eigenvalue weighted by atomic mass is 32.2. The van der Waals surface area contributed by atoms with Gasteiger partial charge in [-0.25, -0.2) is 0 Å². The number of nitrogens with two attached hydrogens (primary N) is 1. The number of amides is 1. The molecule has 0 fully saturated rings. The zero-order valence-electron chi connectivity index (χ0n) is 11.1. The smallest absolute Gasteiger partial charge is 0.266 e. The maximum atomic E-state index is 12.2. The summed E-state index contributed by atoms with van der Waals surface area (Å²) in [6.07, 6.45) is -0.0802. The Kier molecular flexibility index (Phi) is 3.09. The van der Waals surface area contributed by atoms with Gasteiger partial charge in [-0.05, 0) is 0 Å². The van der Waals surface area contributed by atoms with Crippen molar-refractivity contribution in [3.8, 4) is 0 Å². The topological polar surface area (TPSA) is 167 Å². The monoisotopic (exact) mass is 348 g/mol. The second kappa shape index (κ2) is 4.45. The van der Waals surface area contributed by atoms with Crippen LogP contribution < -0.4 is 11.1 Å². The molecule has 0 saturated carbocycles. The van der Waals surface area contributed by atoms with Crippen LogP contribution >= 0.6 is 7.14 Å². The van der Waals surface area contributed by atoms with E-state index in [2.05, 4.69) is 5.32 Å². The van der Waals surface area contributed by atoms with E-state index in [1.54, 1.807) is 0 Å². The molecule has 0 aromatic carbocycles. The number of hydrogen-bond donors (Lipinski definition) is 5. The molecule has 11 heteroatoms. The standard InChI is InChI=1S/C11H13N2O7PS/c12-5(11(16)13-1-2-22(18,19)20)3-4-6(14)9-7(15)10-8(4)21(9,10)17/h5,14-15H,1-3,12H2,(H,13,16)(H,18,19,20)/t5-,21?/m0/s1. The molecule has 0 aromatic rings. The average Bonchev–Trinajstić information content (AvgIpc) is 2.86. The first-order chi connectivity index (χ1) is 10.1. The van der Waals surface area contributed by atoms with E-state index < -0.39 is 35.0 Å². The van der Waals surface area contributed by atoms with Crippen LogP contribution in [0.15, 0.2) is 33.0 Å². The molecule has 0 saturated heterocycles. The van der Waals surface area contributed by atoms with Crippen molar-refractivity contribution < 1.29 is 32.5 Å². The molecule has 1 unspecified atom stereocenters. The van der Waals surface area contributed by atoms with E-state index in [-0.39, 0.29) is 29.8 Å². The highest BCUT2D eigenvalue weighted by molar-refractivity contribution is 7.86. The Morgan fingerprint density at radius 2 is 1.86 bits per heavy atom. The number of carbonyl (C=O) groups excluding carboxylic acids is 1. The average molecular weight is 348 g/mol. The molecule has 0 aromatic heterocycles. The van der Waals surface area contributed by atoms with Crippen molar-refractivity contribution in [2.45, 2.75) is 12.5 Å². The van der Waals surface area contributed by atoms with E-state index in [0.29, 0.717) is 16.2 Å². The van der Waals surface area contributed by atoms with Crippen LogP contribution in [-0.2, 0) is 19.5 Å². The first kappa shape index (κ1) is 15.3. The Morgan fingerprint density at radius 1 is 1.23 bits per heavy atom. The zero-order valence-corrected chi connectivity index (χ0v) is 12.8. The lowest BCUT2D eigenvalue weighted by Gasteiger charge is -2.16. The Bertz CT molecular complexity index is 852. The van der Waals surface area contributed by atoms with E-state index >= 15 is 0 Å². The van der Waals surface area contributed by atoms with E-state index in [1.807, 2.05) is 0 Å². The summed E-state index contributed by atoms with van der Waals surface area (Å²) in [6, 6.07) is -1.08. The predicted molar refractivity (Wildman–Crippen MR) is 76.0 cm³/mol. The molecule has 0 aliphatic carbocycles. The lowest BCUT2D eigenvalue weighted by atomic mass is 10.0. The van der Waals surface area contributed by atoms with Gasteiger partial charge in [0.1, 0.15) is 16.8 Å². The molecule has 9 nitrogen and oxygen atoms in total. The van der Waals surface area contributed by atoms with Crippen LogP contribution in [0.5, 0.6) is 0 Å². The van der Waals surface area contributed by atoms with Gasteiger partial charge in [-0.1, -0.05) is 0 Å². The fraction of sp³-hybridized carbons (Fsp3) is 0.364. The lowest BCUT2D eigenvalue weighted by molar-refractivity contribution is -0.122. The Morgan fingerprint density at radius 3 is 2.36 bits per heavy atom. The summed E-state index contributed by atoms with van der Waals surface area (Å²) in [4.78, 5) is 11.7. The van der Waals surface area contributed by atoms with Crippen LogP contribution in [0.4, 0.5) is 0 Å². The highest BCUT2D eigenvalue weighted by Gasteiger charge is 2.70. The van der Waals surface area contributed by atoms with Crippen molar-refractivity contribution in [1.29, 1.82) is 0 Å². The molecule has 0 spiro atoms. The number of nitrogens with one attached hydrogen (secondary N) is 1. The predicted octanol–water partition coefficient (Wildman–Crippen LogP) is -0.0950. The second-order valence-electron chi connectivity index (χ2n) is 5.22. The molecule has 120 valence electrons. The quantitative estimate of drug-likeness (QED) is 0.328. The Labute approximate surface area is 125 Å². The summed E-state index contributed by atoms with van der Waals surface area (Å²) in [5, 5.41) is 22.4. The minimum absolute atomic E-state index is 0.0477. The summed E-state index contributed by atoms with van der Waals surface area (Å²) in [6.45, 7) is -0.297. The fourth-order valence-electron chi connectivity index (χ4n) is 2.71. The summed E-state index contributed by atoms with van der Waals surface area (Å²) in [5.74, 6) is -1.73. The van der Waals surface area contributed by atoms with Gasteiger partial charge in [0.25, 0.3) is 10.1 Å². The van der Waals surface area contributed by atoms with Gasteiger partial charge in [-0.15, -0.1) is 0 Å². The molecule has 3 aliphatic rings. The number of aliphatic hydroxyl groups is 2. The van der Waals surface area contributed by atoms with Crippen molar-refractivity contribution in [3.63, 3.8) is 0 Å². The van der Waals surface area contributed by atoms with Crippen LogP contribution in [-0.4, -0.2) is 47.4 Å². The molecule has 0 bridgehead atoms. The first-order valence-corrected chi connectivity index (χ1v) is 9.61. The Balaban J connectivity index is 1.61. The van der Waals surface area contributed by atoms with Gasteiger partial charge in [0.15, 0.2) is 7.14 Å². The summed E-state index contributed by atoms with van der Waals surface area (Å²) < 4.78 is 41.8. The van der Waals surface area contributed by atoms with Gasteiger partial charge in [0.05, 0.1) is 17.1 Å². The minimum Gasteiger partial charge on any atom is -0.507 e. The maximum Gasteiger partial charge on any atom is 0.266 e. The Hall–Kier alpha value is -1.61. The van der Waals surface area contributed by atoms with Gasteiger partial charge < -0.3 is 25.8 Å². The molecule has 2 atom stereocenters. The van der Waals surface area contributed by atoms with E-state index in [9.17, 15) is 28.0 Å². The molecule has 1 amide bonds. The molecular weight excluding hydrogens is 335 g/mol. The largest absolute Gasteiger partial charge is 0.507 e. The van der Waals surface area contributed by atoms with Crippen LogP contribution in [0.25, 0.3) is 0 Å². The van der Waals surface area contributed by atoms with E-state index in [0.717, 1.165) is 0 Å². The molecule has 22 heavy (non-hydrogen) atoms. The van der Waals surface area contributed by atoms with Gasteiger partial charge in [-0.3, -0.25) is 9.35 Å². The molecule has 0 radical (unpaired) electrons. The third-order valence-electron chi connectivity index (χ3n) is 3.78. The second-order valence-corrected chi connectivity index (χ2v) is 9.35. The molecular formula is C11H13N2O7PS. The third-order valence-corrected chi connectivity index (χ3v) is 7.52. The van der Waals surface area contributed by atoms with Gasteiger partial charge in [0.2, 0.25) is 5.91 Å². The van der Waals surface area contributed by atoms with Crippen LogP contribution in [0, 0.1) is 0 Å². The number of carbonyl (C=O) groups is 1. The summed E-state index contributed by atoms with van der Waals surface area (Å²) in [5.41, 5.74) is 5.96. The van der Waals surface area contributed by atoms with Crippen molar-refractivity contribution >= 4 is 23.2 Å². The van der Waals surface area contributed by atoms with Crippen LogP contribution in [0.3, 0.4) is 0 Å². The highest BCUT2D eigenvalue weighted by Crippen LogP contribution is 2.96.